The van der Waals surface area contributed by atoms with Crippen molar-refractivity contribution in [3.63, 3.8) is 0 Å². The van der Waals surface area contributed by atoms with Gasteiger partial charge in [0, 0.05) is 52.9 Å². The van der Waals surface area contributed by atoms with Crippen molar-refractivity contribution in [1.29, 1.82) is 0 Å². The fourth-order valence-corrected chi connectivity index (χ4v) is 7.81. The minimum absolute atomic E-state index is 0.0111. The Morgan fingerprint density at radius 3 is 2.57 bits per heavy atom. The first-order valence-electron chi connectivity index (χ1n) is 9.94. The SMILES string of the molecule is O=C1C2=C(C=CC3c4ccccc4SC23)C(=O)c2c1ccc1c2sc2ccccc21. The predicted molar refractivity (Wildman–Crippen MR) is 123 cm³/mol. The van der Waals surface area contributed by atoms with Crippen molar-refractivity contribution in [1.82, 2.24) is 0 Å². The number of carbonyl (C=O) groups is 2. The highest BCUT2D eigenvalue weighted by molar-refractivity contribution is 8.00. The maximum atomic E-state index is 13.7. The van der Waals surface area contributed by atoms with Crippen LogP contribution in [-0.4, -0.2) is 16.8 Å². The molecule has 1 aromatic heterocycles. The van der Waals surface area contributed by atoms with Gasteiger partial charge in [-0.05, 0) is 23.8 Å². The Kier molecular flexibility index (Phi) is 3.25. The van der Waals surface area contributed by atoms with E-state index in [0.717, 1.165) is 20.2 Å². The van der Waals surface area contributed by atoms with Gasteiger partial charge in [0.1, 0.15) is 0 Å². The lowest BCUT2D eigenvalue weighted by molar-refractivity contribution is 0.0975. The molecule has 30 heavy (non-hydrogen) atoms. The topological polar surface area (TPSA) is 34.1 Å². The molecule has 0 saturated heterocycles. The quantitative estimate of drug-likeness (QED) is 0.322. The summed E-state index contributed by atoms with van der Waals surface area (Å²) in [5.41, 5.74) is 3.66. The van der Waals surface area contributed by atoms with E-state index in [9.17, 15) is 9.59 Å². The third-order valence-electron chi connectivity index (χ3n) is 6.41. The van der Waals surface area contributed by atoms with Crippen LogP contribution < -0.4 is 0 Å². The second kappa shape index (κ2) is 5.81. The van der Waals surface area contributed by atoms with Crippen LogP contribution in [0.1, 0.15) is 32.2 Å². The molecule has 0 saturated carbocycles. The highest BCUT2D eigenvalue weighted by Crippen LogP contribution is 2.53. The number of allylic oxidation sites excluding steroid dienone is 3. The van der Waals surface area contributed by atoms with Crippen LogP contribution >= 0.6 is 23.1 Å². The third-order valence-corrected chi connectivity index (χ3v) is 9.02. The Hall–Kier alpha value is -2.95. The van der Waals surface area contributed by atoms with Gasteiger partial charge in [-0.15, -0.1) is 23.1 Å². The van der Waals surface area contributed by atoms with Gasteiger partial charge in [0.2, 0.25) is 0 Å². The van der Waals surface area contributed by atoms with Crippen LogP contribution in [0.25, 0.3) is 20.2 Å². The number of benzene rings is 3. The van der Waals surface area contributed by atoms with Crippen molar-refractivity contribution in [2.24, 2.45) is 0 Å². The van der Waals surface area contributed by atoms with Crippen molar-refractivity contribution in [2.45, 2.75) is 16.1 Å². The van der Waals surface area contributed by atoms with Crippen molar-refractivity contribution in [3.8, 4) is 0 Å². The average molecular weight is 423 g/mol. The van der Waals surface area contributed by atoms with Crippen LogP contribution in [0.2, 0.25) is 0 Å². The van der Waals surface area contributed by atoms with Crippen LogP contribution in [-0.2, 0) is 0 Å². The number of hydrogen-bond donors (Lipinski definition) is 0. The van der Waals surface area contributed by atoms with E-state index in [-0.39, 0.29) is 22.7 Å². The van der Waals surface area contributed by atoms with Gasteiger partial charge in [-0.25, -0.2) is 0 Å². The first kappa shape index (κ1) is 16.8. The largest absolute Gasteiger partial charge is 0.289 e. The van der Waals surface area contributed by atoms with Gasteiger partial charge >= 0.3 is 0 Å². The van der Waals surface area contributed by atoms with Crippen molar-refractivity contribution < 1.29 is 9.59 Å². The summed E-state index contributed by atoms with van der Waals surface area (Å²) in [5.74, 6) is 0.151. The van der Waals surface area contributed by atoms with Gasteiger partial charge in [-0.2, -0.15) is 0 Å². The van der Waals surface area contributed by atoms with Crippen molar-refractivity contribution >= 4 is 54.8 Å². The molecule has 0 spiro atoms. The maximum Gasteiger partial charge on any atom is 0.195 e. The Morgan fingerprint density at radius 1 is 0.800 bits per heavy atom. The fourth-order valence-electron chi connectivity index (χ4n) is 5.06. The molecule has 0 amide bonds. The summed E-state index contributed by atoms with van der Waals surface area (Å²) in [7, 11) is 0. The lowest BCUT2D eigenvalue weighted by Gasteiger charge is -2.29. The van der Waals surface area contributed by atoms with Crippen molar-refractivity contribution in [3.05, 3.63) is 101 Å². The van der Waals surface area contributed by atoms with Crippen LogP contribution in [0.5, 0.6) is 0 Å². The number of fused-ring (bicyclic) bond motifs is 9. The zero-order chi connectivity index (χ0) is 20.0. The van der Waals surface area contributed by atoms with Gasteiger partial charge in [-0.1, -0.05) is 54.6 Å². The number of hydrogen-bond acceptors (Lipinski definition) is 4. The van der Waals surface area contributed by atoms with Crippen molar-refractivity contribution in [2.75, 3.05) is 0 Å². The van der Waals surface area contributed by atoms with E-state index < -0.39 is 0 Å². The minimum atomic E-state index is -0.0231. The van der Waals surface area contributed by atoms with Gasteiger partial charge < -0.3 is 0 Å². The van der Waals surface area contributed by atoms with Gasteiger partial charge in [0.05, 0.1) is 5.56 Å². The Bertz CT molecular complexity index is 1520. The summed E-state index contributed by atoms with van der Waals surface area (Å²) >= 11 is 3.32. The van der Waals surface area contributed by atoms with E-state index in [0.29, 0.717) is 22.3 Å². The molecule has 2 unspecified atom stereocenters. The molecule has 0 fully saturated rings. The first-order valence-corrected chi connectivity index (χ1v) is 11.6. The summed E-state index contributed by atoms with van der Waals surface area (Å²) in [6, 6.07) is 20.4. The number of rotatable bonds is 0. The molecule has 0 N–H and O–H groups in total. The molecule has 3 aliphatic rings. The van der Waals surface area contributed by atoms with Crippen LogP contribution in [0, 0.1) is 0 Å². The molecule has 2 heterocycles. The highest BCUT2D eigenvalue weighted by atomic mass is 32.2. The average Bonchev–Trinajstić information content (AvgIpc) is 3.34. The monoisotopic (exact) mass is 422 g/mol. The van der Waals surface area contributed by atoms with Gasteiger partial charge in [0.25, 0.3) is 0 Å². The first-order chi connectivity index (χ1) is 14.7. The van der Waals surface area contributed by atoms with Gasteiger partial charge in [-0.3, -0.25) is 9.59 Å². The number of ketones is 2. The highest BCUT2D eigenvalue weighted by Gasteiger charge is 2.44. The van der Waals surface area contributed by atoms with Gasteiger partial charge in [0.15, 0.2) is 11.6 Å². The Labute approximate surface area is 180 Å². The number of thioether (sulfide) groups is 1. The molecule has 4 aromatic rings. The number of thiophene rings is 1. The van der Waals surface area contributed by atoms with E-state index in [4.69, 9.17) is 0 Å². The second-order valence-electron chi connectivity index (χ2n) is 7.91. The predicted octanol–water partition coefficient (Wildman–Crippen LogP) is 6.56. The maximum absolute atomic E-state index is 13.7. The molecule has 7 rings (SSSR count). The summed E-state index contributed by atoms with van der Waals surface area (Å²) < 4.78 is 2.07. The molecular weight excluding hydrogens is 408 g/mol. The summed E-state index contributed by atoms with van der Waals surface area (Å²) in [5, 5.41) is 2.17. The lowest BCUT2D eigenvalue weighted by Crippen LogP contribution is -2.30. The van der Waals surface area contributed by atoms with E-state index in [1.165, 1.54) is 10.5 Å². The fraction of sp³-hybridized carbons (Fsp3) is 0.0769. The molecule has 0 radical (unpaired) electrons. The molecule has 0 bridgehead atoms. The Morgan fingerprint density at radius 2 is 1.63 bits per heavy atom. The summed E-state index contributed by atoms with van der Waals surface area (Å²) in [6.45, 7) is 0. The van der Waals surface area contributed by atoms with E-state index in [1.54, 1.807) is 23.1 Å². The van der Waals surface area contributed by atoms with E-state index >= 15 is 0 Å². The summed E-state index contributed by atoms with van der Waals surface area (Å²) in [4.78, 5) is 28.6. The smallest absolute Gasteiger partial charge is 0.195 e. The normalized spacial score (nSPS) is 21.7. The standard InChI is InChI=1S/C26H14O2S2/c27-23-18-12-10-16-14-6-2-4-8-20(14)30-26(16)22(18)24(28)17-11-9-15-13-5-1-3-7-19(13)29-25(15)21(17)23/h1-12,15,25H. The van der Waals surface area contributed by atoms with Crippen LogP contribution in [0.4, 0.5) is 0 Å². The molecule has 4 heteroatoms. The zero-order valence-corrected chi connectivity index (χ0v) is 17.3. The van der Waals surface area contributed by atoms with Crippen LogP contribution in [0.15, 0.2) is 88.9 Å². The molecule has 142 valence electrons. The molecule has 2 aliphatic carbocycles. The summed E-state index contributed by atoms with van der Waals surface area (Å²) in [6.07, 6.45) is 4.01. The number of carbonyl (C=O) groups excluding carboxylic acids is 2. The molecule has 2 atom stereocenters. The third kappa shape index (κ3) is 2.00. The van der Waals surface area contributed by atoms with Crippen LogP contribution in [0.3, 0.4) is 0 Å². The minimum Gasteiger partial charge on any atom is -0.289 e. The zero-order valence-electron chi connectivity index (χ0n) is 15.7. The second-order valence-corrected chi connectivity index (χ2v) is 10.1. The molecular formula is C26H14O2S2. The molecule has 1 aliphatic heterocycles. The lowest BCUT2D eigenvalue weighted by atomic mass is 9.75. The van der Waals surface area contributed by atoms with E-state index in [1.807, 2.05) is 42.5 Å². The molecule has 3 aromatic carbocycles. The Balaban J connectivity index is 1.46. The van der Waals surface area contributed by atoms with E-state index in [2.05, 4.69) is 30.3 Å². The number of Topliss-reactive ketones (excluding diaryl/α,β-unsaturated/α-hetero) is 2. The molecule has 2 nitrogen and oxygen atoms in total.